The molecule has 4 aromatic rings. The average Bonchev–Trinajstić information content (AvgIpc) is 3.89. The number of hydrogen-bond donors (Lipinski definition) is 3. The molecule has 3 N–H and O–H groups in total. The van der Waals surface area contributed by atoms with Gasteiger partial charge in [-0.15, -0.1) is 0 Å². The van der Waals surface area contributed by atoms with Gasteiger partial charge in [0.15, 0.2) is 5.82 Å². The molecule has 6 heterocycles. The van der Waals surface area contributed by atoms with Crippen LogP contribution in [0.2, 0.25) is 0 Å². The van der Waals surface area contributed by atoms with Gasteiger partial charge in [0.25, 0.3) is 11.5 Å². The van der Waals surface area contributed by atoms with Crippen molar-refractivity contribution in [2.45, 2.75) is 65.3 Å². The Hall–Kier alpha value is -5.31. The fraction of sp³-hybridized carbons (Fsp3) is 0.439. The van der Waals surface area contributed by atoms with Crippen LogP contribution in [0.1, 0.15) is 54.5 Å². The third-order valence-electron chi connectivity index (χ3n) is 11.5. The van der Waals surface area contributed by atoms with Gasteiger partial charge in [-0.25, -0.2) is 9.97 Å². The lowest BCUT2D eigenvalue weighted by molar-refractivity contribution is -0.111. The summed E-state index contributed by atoms with van der Waals surface area (Å²) < 4.78 is 9.21. The molecule has 1 aromatic carbocycles. The first kappa shape index (κ1) is 36.7. The van der Waals surface area contributed by atoms with Crippen LogP contribution < -0.4 is 26.0 Å². The van der Waals surface area contributed by atoms with E-state index in [0.29, 0.717) is 58.8 Å². The van der Waals surface area contributed by atoms with Gasteiger partial charge in [-0.1, -0.05) is 20.4 Å². The van der Waals surface area contributed by atoms with Crippen molar-refractivity contribution in [1.82, 2.24) is 24.0 Å². The second-order valence-electron chi connectivity index (χ2n) is 15.9. The maximum atomic E-state index is 14.0. The highest BCUT2D eigenvalue weighted by atomic mass is 16.5. The fourth-order valence-electron chi connectivity index (χ4n) is 8.81. The van der Waals surface area contributed by atoms with Crippen molar-refractivity contribution in [2.75, 3.05) is 59.8 Å². The number of hydrogen-bond acceptors (Lipinski definition) is 10. The number of rotatable bonds is 9. The standard InChI is InChI=1S/C41H49N9O5/c1-6-36(52)44-31-18-27(7-8-33(31)48-13-12-47(21-25(48)2)28-10-16-55-24-28)43-37-40(54)46(5)22-32(45-37)29-9-11-42-38(30(29)23-51)50-15-14-49-34(39(50)53)17-26-19-41(3,4)20-35(26)49/h6-9,11,17-18,22,25,28,51H,1,10,12-16,19-21,23-24H2,2-5H3,(H,43,45)(H,44,52)/t25-,28+/m0/s1. The molecule has 8 rings (SSSR count). The number of fused-ring (bicyclic) bond motifs is 3. The molecule has 14 nitrogen and oxygen atoms in total. The summed E-state index contributed by atoms with van der Waals surface area (Å²) in [7, 11) is 1.64. The molecule has 288 valence electrons. The summed E-state index contributed by atoms with van der Waals surface area (Å²) in [6.07, 6.45) is 7.35. The third kappa shape index (κ3) is 6.83. The second kappa shape index (κ2) is 14.4. The zero-order chi connectivity index (χ0) is 38.6. The van der Waals surface area contributed by atoms with Crippen molar-refractivity contribution in [3.63, 3.8) is 0 Å². The van der Waals surface area contributed by atoms with Crippen LogP contribution in [0.4, 0.5) is 28.7 Å². The van der Waals surface area contributed by atoms with Crippen LogP contribution in [0, 0.1) is 5.41 Å². The van der Waals surface area contributed by atoms with Crippen LogP contribution in [-0.4, -0.2) is 92.4 Å². The number of amides is 2. The molecule has 55 heavy (non-hydrogen) atoms. The van der Waals surface area contributed by atoms with Crippen molar-refractivity contribution < 1.29 is 19.4 Å². The number of anilines is 5. The van der Waals surface area contributed by atoms with Gasteiger partial charge in [0.1, 0.15) is 11.5 Å². The van der Waals surface area contributed by atoms with Gasteiger partial charge >= 0.3 is 0 Å². The largest absolute Gasteiger partial charge is 0.392 e. The van der Waals surface area contributed by atoms with Crippen molar-refractivity contribution in [3.05, 3.63) is 88.2 Å². The van der Waals surface area contributed by atoms with Gasteiger partial charge in [-0.2, -0.15) is 0 Å². The van der Waals surface area contributed by atoms with E-state index in [2.05, 4.69) is 57.3 Å². The summed E-state index contributed by atoms with van der Waals surface area (Å²) in [4.78, 5) is 55.8. The zero-order valence-corrected chi connectivity index (χ0v) is 32.0. The first-order chi connectivity index (χ1) is 26.4. The zero-order valence-electron chi connectivity index (χ0n) is 32.0. The van der Waals surface area contributed by atoms with Crippen molar-refractivity contribution in [3.8, 4) is 11.3 Å². The highest BCUT2D eigenvalue weighted by molar-refractivity contribution is 6.06. The molecule has 4 aliphatic rings. The van der Waals surface area contributed by atoms with Crippen LogP contribution in [0.25, 0.3) is 11.3 Å². The van der Waals surface area contributed by atoms with E-state index in [0.717, 1.165) is 57.8 Å². The van der Waals surface area contributed by atoms with Crippen LogP contribution in [0.15, 0.2) is 60.2 Å². The Morgan fingerprint density at radius 1 is 1.13 bits per heavy atom. The minimum absolute atomic E-state index is 0.0566. The summed E-state index contributed by atoms with van der Waals surface area (Å²) in [5.74, 6) is -0.0765. The van der Waals surface area contributed by atoms with E-state index in [4.69, 9.17) is 9.72 Å². The topological polar surface area (TPSA) is 150 Å². The molecule has 2 amide bonds. The molecule has 14 heteroatoms. The maximum Gasteiger partial charge on any atom is 0.293 e. The predicted octanol–water partition coefficient (Wildman–Crippen LogP) is 4.09. The Kier molecular flexibility index (Phi) is 9.60. The molecule has 0 saturated carbocycles. The number of benzene rings is 1. The normalized spacial score (nSPS) is 20.7. The van der Waals surface area contributed by atoms with Gasteiger partial charge in [-0.3, -0.25) is 24.2 Å². The molecule has 3 aromatic heterocycles. The number of pyridine rings is 1. The number of carbonyl (C=O) groups is 2. The second-order valence-corrected chi connectivity index (χ2v) is 15.9. The minimum Gasteiger partial charge on any atom is -0.392 e. The predicted molar refractivity (Wildman–Crippen MR) is 212 cm³/mol. The monoisotopic (exact) mass is 747 g/mol. The van der Waals surface area contributed by atoms with E-state index in [1.807, 2.05) is 18.2 Å². The number of nitrogens with zero attached hydrogens (tertiary/aromatic N) is 7. The lowest BCUT2D eigenvalue weighted by Crippen LogP contribution is -2.55. The first-order valence-electron chi connectivity index (χ1n) is 19.1. The van der Waals surface area contributed by atoms with Gasteiger partial charge in [0, 0.05) is 93.4 Å². The number of aliphatic hydroxyl groups is 1. The van der Waals surface area contributed by atoms with Crippen molar-refractivity contribution in [2.24, 2.45) is 12.5 Å². The Balaban J connectivity index is 1.08. The number of carbonyl (C=O) groups excluding carboxylic acids is 2. The third-order valence-corrected chi connectivity index (χ3v) is 11.5. The summed E-state index contributed by atoms with van der Waals surface area (Å²) in [6.45, 7) is 15.1. The first-order valence-corrected chi connectivity index (χ1v) is 19.1. The van der Waals surface area contributed by atoms with E-state index >= 15 is 0 Å². The van der Waals surface area contributed by atoms with E-state index in [9.17, 15) is 19.5 Å². The van der Waals surface area contributed by atoms with E-state index < -0.39 is 6.61 Å². The molecule has 3 aliphatic heterocycles. The lowest BCUT2D eigenvalue weighted by Gasteiger charge is -2.43. The molecule has 0 spiro atoms. The number of aryl methyl sites for hydroxylation is 1. The molecule has 0 radical (unpaired) electrons. The number of aliphatic hydroxyl groups excluding tert-OH is 1. The fourth-order valence-corrected chi connectivity index (χ4v) is 8.81. The van der Waals surface area contributed by atoms with Gasteiger partial charge in [-0.05, 0) is 73.6 Å². The highest BCUT2D eigenvalue weighted by Gasteiger charge is 2.38. The average molecular weight is 748 g/mol. The lowest BCUT2D eigenvalue weighted by atomic mass is 9.90. The summed E-state index contributed by atoms with van der Waals surface area (Å²) >= 11 is 0. The molecule has 0 unspecified atom stereocenters. The maximum absolute atomic E-state index is 14.0. The number of nitrogens with one attached hydrogen (secondary N) is 2. The van der Waals surface area contributed by atoms with Crippen LogP contribution in [0.3, 0.4) is 0 Å². The van der Waals surface area contributed by atoms with Gasteiger partial charge in [0.05, 0.1) is 30.3 Å². The van der Waals surface area contributed by atoms with E-state index in [1.165, 1.54) is 21.9 Å². The Labute approximate surface area is 320 Å². The minimum atomic E-state index is -0.393. The summed E-state index contributed by atoms with van der Waals surface area (Å²) in [5.41, 5.74) is 6.32. The van der Waals surface area contributed by atoms with Crippen LogP contribution >= 0.6 is 0 Å². The SMILES string of the molecule is C=CC(=O)Nc1cc(Nc2nc(-c3ccnc(N4CCn5c(cc6c5CC(C)(C)C6)C4=O)c3CO)cn(C)c2=O)ccc1N1CCN([C@@H]2CCOC2)C[C@@H]1C. The molecule has 0 bridgehead atoms. The Morgan fingerprint density at radius 2 is 1.96 bits per heavy atom. The van der Waals surface area contributed by atoms with E-state index in [1.54, 1.807) is 36.5 Å². The Bertz CT molecular complexity index is 2240. The van der Waals surface area contributed by atoms with Crippen LogP contribution in [0.5, 0.6) is 0 Å². The molecular weight excluding hydrogens is 699 g/mol. The van der Waals surface area contributed by atoms with Gasteiger partial charge in [0.2, 0.25) is 5.91 Å². The summed E-state index contributed by atoms with van der Waals surface area (Å²) in [6, 6.07) is 9.98. The molecule has 2 atom stereocenters. The quantitative estimate of drug-likeness (QED) is 0.214. The highest BCUT2D eigenvalue weighted by Crippen LogP contribution is 2.40. The number of ether oxygens (including phenoxy) is 1. The van der Waals surface area contributed by atoms with E-state index in [-0.39, 0.29) is 34.6 Å². The van der Waals surface area contributed by atoms with Crippen molar-refractivity contribution >= 4 is 40.5 Å². The van der Waals surface area contributed by atoms with Crippen LogP contribution in [-0.2, 0) is 42.6 Å². The molecule has 2 fully saturated rings. The Morgan fingerprint density at radius 3 is 2.71 bits per heavy atom. The molecule has 2 saturated heterocycles. The smallest absolute Gasteiger partial charge is 0.293 e. The van der Waals surface area contributed by atoms with Crippen molar-refractivity contribution in [1.29, 1.82) is 0 Å². The van der Waals surface area contributed by atoms with Gasteiger partial charge < -0.3 is 34.5 Å². The summed E-state index contributed by atoms with van der Waals surface area (Å²) in [5, 5.41) is 16.9. The number of piperazine rings is 1. The molecule has 1 aliphatic carbocycles. The number of aromatic nitrogens is 4. The molecular formula is C41H49N9O5.